The molecule has 0 aliphatic carbocycles. The number of hydrogen-bond acceptors (Lipinski definition) is 5. The Morgan fingerprint density at radius 2 is 2.03 bits per heavy atom. The van der Waals surface area contributed by atoms with Crippen molar-refractivity contribution in [3.05, 3.63) is 58.1 Å². The highest BCUT2D eigenvalue weighted by atomic mass is 35.5. The van der Waals surface area contributed by atoms with E-state index < -0.39 is 0 Å². The summed E-state index contributed by atoms with van der Waals surface area (Å²) in [6.07, 6.45) is 0.875. The molecule has 0 unspecified atom stereocenters. The monoisotopic (exact) mass is 443 g/mol. The van der Waals surface area contributed by atoms with Crippen molar-refractivity contribution in [2.24, 2.45) is 0 Å². The van der Waals surface area contributed by atoms with Gasteiger partial charge in [0.2, 0.25) is 0 Å². The van der Waals surface area contributed by atoms with E-state index in [-0.39, 0.29) is 5.91 Å². The fourth-order valence-corrected chi connectivity index (χ4v) is 5.17. The highest BCUT2D eigenvalue weighted by Gasteiger charge is 2.22. The first-order valence-electron chi connectivity index (χ1n) is 10.3. The van der Waals surface area contributed by atoms with Gasteiger partial charge in [0, 0.05) is 36.8 Å². The molecule has 1 fully saturated rings. The topological polar surface area (TPSA) is 45.7 Å². The Labute approximate surface area is 186 Å². The van der Waals surface area contributed by atoms with Crippen molar-refractivity contribution in [2.45, 2.75) is 20.3 Å². The number of amides is 1. The molecule has 2 heterocycles. The largest absolute Gasteiger partial charge is 0.379 e. The molecule has 0 bridgehead atoms. The number of morpholine rings is 1. The average molecular weight is 444 g/mol. The van der Waals surface area contributed by atoms with Gasteiger partial charge < -0.3 is 4.74 Å². The maximum absolute atomic E-state index is 13.4. The van der Waals surface area contributed by atoms with E-state index in [0.717, 1.165) is 60.2 Å². The summed E-state index contributed by atoms with van der Waals surface area (Å²) in [7, 11) is 0. The van der Waals surface area contributed by atoms with Gasteiger partial charge in [-0.2, -0.15) is 0 Å². The molecule has 0 atom stereocenters. The fourth-order valence-electron chi connectivity index (χ4n) is 3.81. The summed E-state index contributed by atoms with van der Waals surface area (Å²) < 4.78 is 6.54. The number of fused-ring (bicyclic) bond motifs is 1. The van der Waals surface area contributed by atoms with Crippen LogP contribution < -0.4 is 4.90 Å². The first kappa shape index (κ1) is 21.2. The van der Waals surface area contributed by atoms with Crippen molar-refractivity contribution >= 4 is 44.2 Å². The number of benzene rings is 2. The second kappa shape index (κ2) is 9.43. The molecule has 0 N–H and O–H groups in total. The summed E-state index contributed by atoms with van der Waals surface area (Å²) in [6.45, 7) is 9.16. The minimum atomic E-state index is -0.0621. The summed E-state index contributed by atoms with van der Waals surface area (Å²) in [6, 6.07) is 11.4. The standard InChI is InChI=1S/C23H26ClN3O2S/c1-16-13-17(2)21-20(14-16)30-23(25-21)27(8-4-7-26-9-11-29-12-10-26)22(28)18-5-3-6-19(24)15-18/h3,5-6,13-15H,4,7-12H2,1-2H3. The van der Waals surface area contributed by atoms with E-state index in [4.69, 9.17) is 21.3 Å². The molecular weight excluding hydrogens is 418 g/mol. The molecule has 0 radical (unpaired) electrons. The molecule has 2 aromatic carbocycles. The Morgan fingerprint density at radius 1 is 1.23 bits per heavy atom. The van der Waals surface area contributed by atoms with Crippen LogP contribution >= 0.6 is 22.9 Å². The van der Waals surface area contributed by atoms with Crippen molar-refractivity contribution in [1.29, 1.82) is 0 Å². The second-order valence-electron chi connectivity index (χ2n) is 7.70. The summed E-state index contributed by atoms with van der Waals surface area (Å²) >= 11 is 7.72. The van der Waals surface area contributed by atoms with Crippen LogP contribution in [0.3, 0.4) is 0 Å². The third-order valence-corrected chi connectivity index (χ3v) is 6.59. The predicted molar refractivity (Wildman–Crippen MR) is 124 cm³/mol. The van der Waals surface area contributed by atoms with Gasteiger partial charge in [0.25, 0.3) is 5.91 Å². The minimum Gasteiger partial charge on any atom is -0.379 e. The normalized spacial score (nSPS) is 14.9. The first-order chi connectivity index (χ1) is 14.5. The molecule has 0 saturated carbocycles. The van der Waals surface area contributed by atoms with Crippen molar-refractivity contribution in [1.82, 2.24) is 9.88 Å². The predicted octanol–water partition coefficient (Wildman–Crippen LogP) is 4.94. The molecular formula is C23H26ClN3O2S. The molecule has 4 rings (SSSR count). The van der Waals surface area contributed by atoms with Gasteiger partial charge in [-0.05, 0) is 55.7 Å². The number of aryl methyl sites for hydroxylation is 2. The van der Waals surface area contributed by atoms with Gasteiger partial charge in [-0.3, -0.25) is 14.6 Å². The smallest absolute Gasteiger partial charge is 0.260 e. The highest BCUT2D eigenvalue weighted by molar-refractivity contribution is 7.22. The SMILES string of the molecule is Cc1cc(C)c2nc(N(CCCN3CCOCC3)C(=O)c3cccc(Cl)c3)sc2c1. The lowest BCUT2D eigenvalue weighted by atomic mass is 10.1. The van der Waals surface area contributed by atoms with Crippen LogP contribution in [0, 0.1) is 13.8 Å². The Kier molecular flexibility index (Phi) is 6.68. The van der Waals surface area contributed by atoms with E-state index in [1.54, 1.807) is 23.5 Å². The van der Waals surface area contributed by atoms with Gasteiger partial charge in [-0.1, -0.05) is 35.1 Å². The van der Waals surface area contributed by atoms with Crippen molar-refractivity contribution in [3.63, 3.8) is 0 Å². The molecule has 3 aromatic rings. The quantitative estimate of drug-likeness (QED) is 0.541. The molecule has 30 heavy (non-hydrogen) atoms. The highest BCUT2D eigenvalue weighted by Crippen LogP contribution is 2.32. The van der Waals surface area contributed by atoms with E-state index in [2.05, 4.69) is 30.9 Å². The molecule has 0 spiro atoms. The minimum absolute atomic E-state index is 0.0621. The summed E-state index contributed by atoms with van der Waals surface area (Å²) in [5, 5.41) is 1.30. The lowest BCUT2D eigenvalue weighted by molar-refractivity contribution is 0.0376. The van der Waals surface area contributed by atoms with Gasteiger partial charge in [0.05, 0.1) is 23.4 Å². The van der Waals surface area contributed by atoms with Crippen molar-refractivity contribution < 1.29 is 9.53 Å². The third kappa shape index (κ3) is 4.83. The van der Waals surface area contributed by atoms with Crippen LogP contribution in [0.1, 0.15) is 27.9 Å². The van der Waals surface area contributed by atoms with Crippen LogP contribution in [0.5, 0.6) is 0 Å². The van der Waals surface area contributed by atoms with Crippen LogP contribution in [-0.2, 0) is 4.74 Å². The zero-order chi connectivity index (χ0) is 21.1. The van der Waals surface area contributed by atoms with E-state index in [1.165, 1.54) is 5.56 Å². The number of rotatable bonds is 6. The van der Waals surface area contributed by atoms with Gasteiger partial charge in [0.15, 0.2) is 5.13 Å². The molecule has 1 amide bonds. The number of carbonyl (C=O) groups excluding carboxylic acids is 1. The number of anilines is 1. The van der Waals surface area contributed by atoms with Crippen molar-refractivity contribution in [3.8, 4) is 0 Å². The summed E-state index contributed by atoms with van der Waals surface area (Å²) in [5.41, 5.74) is 3.89. The van der Waals surface area contributed by atoms with E-state index in [1.807, 2.05) is 17.0 Å². The fraction of sp³-hybridized carbons (Fsp3) is 0.391. The third-order valence-electron chi connectivity index (χ3n) is 5.33. The Hall–Kier alpha value is -1.99. The zero-order valence-corrected chi connectivity index (χ0v) is 18.9. The molecule has 1 aromatic heterocycles. The summed E-state index contributed by atoms with van der Waals surface area (Å²) in [4.78, 5) is 22.5. The molecule has 1 saturated heterocycles. The lowest BCUT2D eigenvalue weighted by Gasteiger charge is -2.27. The Morgan fingerprint density at radius 3 is 2.80 bits per heavy atom. The molecule has 158 valence electrons. The lowest BCUT2D eigenvalue weighted by Crippen LogP contribution is -2.39. The number of halogens is 1. The Balaban J connectivity index is 1.60. The number of hydrogen-bond donors (Lipinski definition) is 0. The molecule has 1 aliphatic rings. The number of nitrogens with zero attached hydrogens (tertiary/aromatic N) is 3. The maximum atomic E-state index is 13.4. The maximum Gasteiger partial charge on any atom is 0.260 e. The van der Waals surface area contributed by atoms with Crippen LogP contribution in [0.15, 0.2) is 36.4 Å². The van der Waals surface area contributed by atoms with Crippen LogP contribution in [0.25, 0.3) is 10.2 Å². The van der Waals surface area contributed by atoms with Gasteiger partial charge in [-0.15, -0.1) is 0 Å². The summed E-state index contributed by atoms with van der Waals surface area (Å²) in [5.74, 6) is -0.0621. The van der Waals surface area contributed by atoms with E-state index >= 15 is 0 Å². The van der Waals surface area contributed by atoms with Crippen LogP contribution in [0.2, 0.25) is 5.02 Å². The van der Waals surface area contributed by atoms with E-state index in [0.29, 0.717) is 17.1 Å². The first-order valence-corrected chi connectivity index (χ1v) is 11.5. The zero-order valence-electron chi connectivity index (χ0n) is 17.4. The molecule has 5 nitrogen and oxygen atoms in total. The molecule has 7 heteroatoms. The second-order valence-corrected chi connectivity index (χ2v) is 9.15. The van der Waals surface area contributed by atoms with Gasteiger partial charge >= 0.3 is 0 Å². The number of aromatic nitrogens is 1. The number of carbonyl (C=O) groups is 1. The average Bonchev–Trinajstić information content (AvgIpc) is 3.15. The number of ether oxygens (including phenoxy) is 1. The van der Waals surface area contributed by atoms with Gasteiger partial charge in [0.1, 0.15) is 0 Å². The van der Waals surface area contributed by atoms with Crippen molar-refractivity contribution in [2.75, 3.05) is 44.3 Å². The van der Waals surface area contributed by atoms with Crippen LogP contribution in [0.4, 0.5) is 5.13 Å². The number of thiazole rings is 1. The van der Waals surface area contributed by atoms with Gasteiger partial charge in [-0.25, -0.2) is 4.98 Å². The molecule has 1 aliphatic heterocycles. The Bertz CT molecular complexity index is 1050. The van der Waals surface area contributed by atoms with Crippen LogP contribution in [-0.4, -0.2) is 55.2 Å². The van der Waals surface area contributed by atoms with E-state index in [9.17, 15) is 4.79 Å².